The number of aromatic nitrogens is 2. The number of aryl methyl sites for hydroxylation is 2. The van der Waals surface area contributed by atoms with Crippen LogP contribution in [0.5, 0.6) is 11.8 Å². The van der Waals surface area contributed by atoms with E-state index in [9.17, 15) is 0 Å². The van der Waals surface area contributed by atoms with Crippen molar-refractivity contribution in [3.63, 3.8) is 0 Å². The van der Waals surface area contributed by atoms with Crippen LogP contribution in [0.4, 0.5) is 0 Å². The standard InChI is InChI=1S/C12H13BrN2O/c1-3-15-8-9(2)14-12(15)16-11-7-5-4-6-10(11)13/h4-8H,3H2,1-2H3. The third kappa shape index (κ3) is 2.27. The number of hydrogen-bond donors (Lipinski definition) is 0. The Morgan fingerprint density at radius 2 is 2.12 bits per heavy atom. The van der Waals surface area contributed by atoms with Crippen LogP contribution in [0.25, 0.3) is 0 Å². The second-order valence-electron chi connectivity index (χ2n) is 3.48. The summed E-state index contributed by atoms with van der Waals surface area (Å²) < 4.78 is 8.67. The van der Waals surface area contributed by atoms with Crippen molar-refractivity contribution in [2.75, 3.05) is 0 Å². The van der Waals surface area contributed by atoms with E-state index in [2.05, 4.69) is 27.8 Å². The van der Waals surface area contributed by atoms with Gasteiger partial charge in [0.25, 0.3) is 0 Å². The summed E-state index contributed by atoms with van der Waals surface area (Å²) in [5, 5.41) is 0. The first-order valence-electron chi connectivity index (χ1n) is 5.17. The molecule has 3 nitrogen and oxygen atoms in total. The molecule has 0 saturated carbocycles. The van der Waals surface area contributed by atoms with Crippen LogP contribution < -0.4 is 4.74 Å². The molecule has 0 spiro atoms. The zero-order valence-electron chi connectivity index (χ0n) is 9.27. The van der Waals surface area contributed by atoms with Gasteiger partial charge in [0, 0.05) is 12.7 Å². The van der Waals surface area contributed by atoms with E-state index in [1.54, 1.807) is 0 Å². The van der Waals surface area contributed by atoms with Crippen LogP contribution in [0.15, 0.2) is 34.9 Å². The topological polar surface area (TPSA) is 27.1 Å². The van der Waals surface area contributed by atoms with E-state index in [4.69, 9.17) is 4.74 Å². The summed E-state index contributed by atoms with van der Waals surface area (Å²) in [5.74, 6) is 0.780. The zero-order valence-corrected chi connectivity index (χ0v) is 10.9. The van der Waals surface area contributed by atoms with Crippen LogP contribution >= 0.6 is 15.9 Å². The monoisotopic (exact) mass is 280 g/mol. The molecule has 0 fully saturated rings. The van der Waals surface area contributed by atoms with Gasteiger partial charge < -0.3 is 9.30 Å². The smallest absolute Gasteiger partial charge is 0.302 e. The first-order valence-corrected chi connectivity index (χ1v) is 5.96. The number of para-hydroxylation sites is 1. The molecule has 1 aromatic heterocycles. The minimum atomic E-state index is 0.631. The van der Waals surface area contributed by atoms with E-state index in [0.717, 1.165) is 22.5 Å². The molecule has 0 unspecified atom stereocenters. The van der Waals surface area contributed by atoms with Crippen LogP contribution in [0.1, 0.15) is 12.6 Å². The molecule has 2 aromatic rings. The number of hydrogen-bond acceptors (Lipinski definition) is 2. The molecule has 0 saturated heterocycles. The lowest BCUT2D eigenvalue weighted by Crippen LogP contribution is -1.97. The molecule has 84 valence electrons. The van der Waals surface area contributed by atoms with E-state index in [-0.39, 0.29) is 0 Å². The molecule has 0 atom stereocenters. The zero-order chi connectivity index (χ0) is 11.5. The Labute approximate surface area is 103 Å². The fourth-order valence-corrected chi connectivity index (χ4v) is 1.82. The highest BCUT2D eigenvalue weighted by Crippen LogP contribution is 2.28. The van der Waals surface area contributed by atoms with Gasteiger partial charge >= 0.3 is 6.01 Å². The lowest BCUT2D eigenvalue weighted by atomic mass is 10.3. The Hall–Kier alpha value is -1.29. The second-order valence-corrected chi connectivity index (χ2v) is 4.34. The van der Waals surface area contributed by atoms with Crippen molar-refractivity contribution in [1.29, 1.82) is 0 Å². The lowest BCUT2D eigenvalue weighted by molar-refractivity contribution is 0.413. The molecule has 0 aliphatic heterocycles. The second kappa shape index (κ2) is 4.70. The van der Waals surface area contributed by atoms with Gasteiger partial charge in [-0.1, -0.05) is 12.1 Å². The molecule has 16 heavy (non-hydrogen) atoms. The minimum Gasteiger partial charge on any atom is -0.424 e. The van der Waals surface area contributed by atoms with Crippen LogP contribution in [-0.4, -0.2) is 9.55 Å². The summed E-state index contributed by atoms with van der Waals surface area (Å²) >= 11 is 3.44. The summed E-state index contributed by atoms with van der Waals surface area (Å²) in [6, 6.07) is 8.38. The van der Waals surface area contributed by atoms with E-state index in [1.165, 1.54) is 0 Å². The Kier molecular flexibility index (Phi) is 3.29. The van der Waals surface area contributed by atoms with Gasteiger partial charge in [0.05, 0.1) is 10.2 Å². The van der Waals surface area contributed by atoms with Crippen molar-refractivity contribution in [1.82, 2.24) is 9.55 Å². The molecule has 2 rings (SSSR count). The number of imidazole rings is 1. The number of nitrogens with zero attached hydrogens (tertiary/aromatic N) is 2. The van der Waals surface area contributed by atoms with E-state index in [0.29, 0.717) is 6.01 Å². The van der Waals surface area contributed by atoms with Gasteiger partial charge in [-0.3, -0.25) is 0 Å². The maximum absolute atomic E-state index is 5.76. The average Bonchev–Trinajstić information content (AvgIpc) is 2.62. The molecule has 0 aliphatic rings. The van der Waals surface area contributed by atoms with Crippen molar-refractivity contribution in [2.24, 2.45) is 0 Å². The van der Waals surface area contributed by atoms with Crippen LogP contribution in [0.3, 0.4) is 0 Å². The number of rotatable bonds is 3. The van der Waals surface area contributed by atoms with Gasteiger partial charge in [-0.15, -0.1) is 0 Å². The minimum absolute atomic E-state index is 0.631. The first kappa shape index (κ1) is 11.2. The Bertz CT molecular complexity index is 494. The van der Waals surface area contributed by atoms with Gasteiger partial charge in [0.2, 0.25) is 0 Å². The van der Waals surface area contributed by atoms with Gasteiger partial charge in [-0.05, 0) is 41.9 Å². The molecule has 1 aromatic carbocycles. The largest absolute Gasteiger partial charge is 0.424 e. The van der Waals surface area contributed by atoms with E-state index < -0.39 is 0 Å². The normalized spacial score (nSPS) is 10.4. The van der Waals surface area contributed by atoms with Crippen LogP contribution in [0.2, 0.25) is 0 Å². The Balaban J connectivity index is 2.30. The molecular weight excluding hydrogens is 268 g/mol. The lowest BCUT2D eigenvalue weighted by Gasteiger charge is -2.07. The van der Waals surface area contributed by atoms with Crippen LogP contribution in [-0.2, 0) is 6.54 Å². The van der Waals surface area contributed by atoms with Crippen molar-refractivity contribution in [2.45, 2.75) is 20.4 Å². The summed E-state index contributed by atoms with van der Waals surface area (Å²) in [4.78, 5) is 4.34. The predicted octanol–water partition coefficient (Wildman–Crippen LogP) is 3.77. The van der Waals surface area contributed by atoms with Crippen LogP contribution in [0, 0.1) is 6.92 Å². The van der Waals surface area contributed by atoms with Gasteiger partial charge in [-0.2, -0.15) is 0 Å². The number of benzene rings is 1. The molecule has 0 aliphatic carbocycles. The molecule has 0 bridgehead atoms. The van der Waals surface area contributed by atoms with Gasteiger partial charge in [0.15, 0.2) is 0 Å². The SMILES string of the molecule is CCn1cc(C)nc1Oc1ccccc1Br. The molecular formula is C12H13BrN2O. The molecule has 0 N–H and O–H groups in total. The fraction of sp³-hybridized carbons (Fsp3) is 0.250. The highest BCUT2D eigenvalue weighted by Gasteiger charge is 2.08. The highest BCUT2D eigenvalue weighted by atomic mass is 79.9. The molecule has 4 heteroatoms. The Morgan fingerprint density at radius 1 is 1.38 bits per heavy atom. The number of halogens is 1. The van der Waals surface area contributed by atoms with E-state index >= 15 is 0 Å². The van der Waals surface area contributed by atoms with Crippen molar-refractivity contribution in [3.05, 3.63) is 40.6 Å². The summed E-state index contributed by atoms with van der Waals surface area (Å²) in [6.07, 6.45) is 1.98. The maximum Gasteiger partial charge on any atom is 0.302 e. The number of ether oxygens (including phenoxy) is 1. The van der Waals surface area contributed by atoms with E-state index in [1.807, 2.05) is 42.0 Å². The fourth-order valence-electron chi connectivity index (χ4n) is 1.46. The quantitative estimate of drug-likeness (QED) is 0.856. The average molecular weight is 281 g/mol. The molecule has 1 heterocycles. The molecule has 0 amide bonds. The maximum atomic E-state index is 5.76. The summed E-state index contributed by atoms with van der Waals surface area (Å²) in [5.41, 5.74) is 0.962. The Morgan fingerprint density at radius 3 is 2.81 bits per heavy atom. The third-order valence-electron chi connectivity index (χ3n) is 2.24. The third-order valence-corrected chi connectivity index (χ3v) is 2.89. The van der Waals surface area contributed by atoms with Gasteiger partial charge in [0.1, 0.15) is 5.75 Å². The summed E-state index contributed by atoms with van der Waals surface area (Å²) in [7, 11) is 0. The van der Waals surface area contributed by atoms with Gasteiger partial charge in [-0.25, -0.2) is 4.98 Å². The predicted molar refractivity (Wildman–Crippen MR) is 66.9 cm³/mol. The van der Waals surface area contributed by atoms with Crippen molar-refractivity contribution < 1.29 is 4.74 Å². The molecule has 0 radical (unpaired) electrons. The summed E-state index contributed by atoms with van der Waals surface area (Å²) in [6.45, 7) is 4.87. The highest BCUT2D eigenvalue weighted by molar-refractivity contribution is 9.10. The van der Waals surface area contributed by atoms with Crippen molar-refractivity contribution >= 4 is 15.9 Å². The van der Waals surface area contributed by atoms with Crippen molar-refractivity contribution in [3.8, 4) is 11.8 Å². The first-order chi connectivity index (χ1) is 7.70.